The number of aryl methyl sites for hydroxylation is 4. The van der Waals surface area contributed by atoms with Crippen LogP contribution in [0, 0.1) is 20.8 Å². The van der Waals surface area contributed by atoms with Crippen LogP contribution in [0.5, 0.6) is 0 Å². The molecule has 0 radical (unpaired) electrons. The van der Waals surface area contributed by atoms with Crippen molar-refractivity contribution in [2.24, 2.45) is 7.05 Å². The molecular weight excluding hydrogens is 306 g/mol. The quantitative estimate of drug-likeness (QED) is 0.302. The summed E-state index contributed by atoms with van der Waals surface area (Å²) in [7, 11) is 2.15. The maximum atomic E-state index is 4.80. The standard InChI is InChI=1S/C22H20N3/c1-13-11-15(3)19-18(12-13)25-17-8-6-5-7-16(17)24(4)22(25)20-14(2)9-10-23-21(19)20/h5-12H,1-4H3/q+1. The van der Waals surface area contributed by atoms with Crippen molar-refractivity contribution in [1.29, 1.82) is 0 Å². The molecule has 3 nitrogen and oxygen atoms in total. The van der Waals surface area contributed by atoms with Crippen molar-refractivity contribution in [3.05, 3.63) is 65.4 Å². The van der Waals surface area contributed by atoms with Gasteiger partial charge in [0.25, 0.3) is 5.65 Å². The zero-order valence-electron chi connectivity index (χ0n) is 15.0. The fourth-order valence-electron chi connectivity index (χ4n) is 4.30. The highest BCUT2D eigenvalue weighted by atomic mass is 15.1. The smallest absolute Gasteiger partial charge is 0.255 e. The largest absolute Gasteiger partial charge is 0.297 e. The van der Waals surface area contributed by atoms with E-state index in [2.05, 4.69) is 79.3 Å². The maximum Gasteiger partial charge on any atom is 0.297 e. The minimum atomic E-state index is 1.10. The summed E-state index contributed by atoms with van der Waals surface area (Å²) >= 11 is 0. The zero-order chi connectivity index (χ0) is 17.3. The highest BCUT2D eigenvalue weighted by molar-refractivity contribution is 6.13. The lowest BCUT2D eigenvalue weighted by Crippen LogP contribution is -2.27. The van der Waals surface area contributed by atoms with E-state index < -0.39 is 0 Å². The molecule has 3 heterocycles. The van der Waals surface area contributed by atoms with Crippen LogP contribution in [0.15, 0.2) is 48.7 Å². The summed E-state index contributed by atoms with van der Waals surface area (Å²) in [6, 6.07) is 15.3. The van der Waals surface area contributed by atoms with Crippen molar-refractivity contribution >= 4 is 38.5 Å². The monoisotopic (exact) mass is 326 g/mol. The first-order valence-electron chi connectivity index (χ1n) is 8.65. The van der Waals surface area contributed by atoms with Gasteiger partial charge in [-0.15, -0.1) is 0 Å². The molecule has 3 aromatic heterocycles. The summed E-state index contributed by atoms with van der Waals surface area (Å²) in [6.45, 7) is 6.53. The maximum absolute atomic E-state index is 4.80. The van der Waals surface area contributed by atoms with Gasteiger partial charge >= 0.3 is 0 Å². The highest BCUT2D eigenvalue weighted by Crippen LogP contribution is 2.34. The zero-order valence-corrected chi connectivity index (χ0v) is 15.0. The van der Waals surface area contributed by atoms with Crippen LogP contribution in [-0.2, 0) is 7.05 Å². The van der Waals surface area contributed by atoms with Crippen LogP contribution in [0.1, 0.15) is 16.7 Å². The molecule has 0 amide bonds. The molecule has 0 saturated carbocycles. The van der Waals surface area contributed by atoms with E-state index in [9.17, 15) is 0 Å². The van der Waals surface area contributed by atoms with Gasteiger partial charge in [0.15, 0.2) is 11.0 Å². The first-order valence-corrected chi connectivity index (χ1v) is 8.65. The number of hydrogen-bond donors (Lipinski definition) is 0. The van der Waals surface area contributed by atoms with Crippen LogP contribution in [-0.4, -0.2) is 9.38 Å². The van der Waals surface area contributed by atoms with Gasteiger partial charge in [0.05, 0.1) is 23.3 Å². The van der Waals surface area contributed by atoms with Crippen LogP contribution >= 0.6 is 0 Å². The van der Waals surface area contributed by atoms with Gasteiger partial charge < -0.3 is 0 Å². The van der Waals surface area contributed by atoms with Crippen molar-refractivity contribution in [1.82, 2.24) is 9.38 Å². The number of fused-ring (bicyclic) bond motifs is 8. The van der Waals surface area contributed by atoms with Crippen LogP contribution in [0.4, 0.5) is 0 Å². The molecule has 0 aliphatic carbocycles. The van der Waals surface area contributed by atoms with Crippen molar-refractivity contribution in [2.45, 2.75) is 20.8 Å². The lowest BCUT2D eigenvalue weighted by molar-refractivity contribution is -0.617. The molecule has 122 valence electrons. The SMILES string of the molecule is Cc1cc(C)c2c3nccc(C)c3c3n(c2c1)c1ccccc1[n+]3C. The molecular formula is C22H20N3+. The summed E-state index contributed by atoms with van der Waals surface area (Å²) in [5.41, 5.74) is 9.82. The Labute approximate surface area is 146 Å². The first kappa shape index (κ1) is 14.4. The van der Waals surface area contributed by atoms with E-state index in [1.807, 2.05) is 6.20 Å². The van der Waals surface area contributed by atoms with Gasteiger partial charge in [0, 0.05) is 6.20 Å². The predicted octanol–water partition coefficient (Wildman–Crippen LogP) is 4.54. The molecule has 0 unspecified atom stereocenters. The Morgan fingerprint density at radius 2 is 1.68 bits per heavy atom. The summed E-state index contributed by atoms with van der Waals surface area (Å²) in [4.78, 5) is 4.80. The Morgan fingerprint density at radius 1 is 0.880 bits per heavy atom. The Hall–Kier alpha value is -2.94. The summed E-state index contributed by atoms with van der Waals surface area (Å²) in [5, 5.41) is 2.49. The van der Waals surface area contributed by atoms with E-state index >= 15 is 0 Å². The number of imidazole rings is 1. The minimum absolute atomic E-state index is 1.10. The lowest BCUT2D eigenvalue weighted by Gasteiger charge is -2.09. The van der Waals surface area contributed by atoms with Gasteiger partial charge in [0.2, 0.25) is 0 Å². The molecule has 2 aromatic carbocycles. The van der Waals surface area contributed by atoms with Gasteiger partial charge in [-0.05, 0) is 61.7 Å². The lowest BCUT2D eigenvalue weighted by atomic mass is 10.0. The molecule has 0 aliphatic rings. The van der Waals surface area contributed by atoms with E-state index in [0.29, 0.717) is 0 Å². The molecule has 5 rings (SSSR count). The Kier molecular flexibility index (Phi) is 2.76. The van der Waals surface area contributed by atoms with Gasteiger partial charge in [-0.3, -0.25) is 4.98 Å². The van der Waals surface area contributed by atoms with Crippen LogP contribution in [0.3, 0.4) is 0 Å². The third kappa shape index (κ3) is 1.75. The van der Waals surface area contributed by atoms with Gasteiger partial charge in [-0.1, -0.05) is 18.2 Å². The number of benzene rings is 2. The van der Waals surface area contributed by atoms with Gasteiger partial charge in [0.1, 0.15) is 5.52 Å². The van der Waals surface area contributed by atoms with Gasteiger partial charge in [-0.25, -0.2) is 4.57 Å². The highest BCUT2D eigenvalue weighted by Gasteiger charge is 2.25. The molecule has 25 heavy (non-hydrogen) atoms. The van der Waals surface area contributed by atoms with Gasteiger partial charge in [-0.2, -0.15) is 4.40 Å². The second kappa shape index (κ2) is 4.79. The molecule has 0 saturated heterocycles. The number of para-hydroxylation sites is 2. The van der Waals surface area contributed by atoms with E-state index in [1.54, 1.807) is 0 Å². The number of aromatic nitrogens is 3. The molecule has 0 fully saturated rings. The van der Waals surface area contributed by atoms with Crippen molar-refractivity contribution < 1.29 is 4.57 Å². The van der Waals surface area contributed by atoms with E-state index in [0.717, 1.165) is 5.52 Å². The van der Waals surface area contributed by atoms with E-state index in [4.69, 9.17) is 4.98 Å². The summed E-state index contributed by atoms with van der Waals surface area (Å²) in [6.07, 6.45) is 1.93. The third-order valence-electron chi connectivity index (χ3n) is 5.33. The fourth-order valence-corrected chi connectivity index (χ4v) is 4.30. The topological polar surface area (TPSA) is 21.2 Å². The minimum Gasteiger partial charge on any atom is -0.255 e. The fraction of sp³-hybridized carbons (Fsp3) is 0.182. The molecule has 0 N–H and O–H groups in total. The third-order valence-corrected chi connectivity index (χ3v) is 5.33. The average Bonchev–Trinajstić information content (AvgIpc) is 2.88. The molecule has 0 atom stereocenters. The number of hydrogen-bond acceptors (Lipinski definition) is 1. The molecule has 5 aromatic rings. The number of nitrogens with zero attached hydrogens (tertiary/aromatic N) is 3. The van der Waals surface area contributed by atoms with E-state index in [-0.39, 0.29) is 0 Å². The number of rotatable bonds is 0. The molecule has 0 bridgehead atoms. The van der Waals surface area contributed by atoms with Crippen LogP contribution in [0.25, 0.3) is 38.5 Å². The normalized spacial score (nSPS) is 12.0. The van der Waals surface area contributed by atoms with Crippen molar-refractivity contribution in [2.75, 3.05) is 0 Å². The molecule has 0 aliphatic heterocycles. The second-order valence-electron chi connectivity index (χ2n) is 7.03. The Bertz CT molecular complexity index is 1330. The van der Waals surface area contributed by atoms with Crippen molar-refractivity contribution in [3.63, 3.8) is 0 Å². The predicted molar refractivity (Wildman–Crippen MR) is 103 cm³/mol. The second-order valence-corrected chi connectivity index (χ2v) is 7.03. The molecule has 3 heteroatoms. The number of pyridine rings is 2. The van der Waals surface area contributed by atoms with Crippen molar-refractivity contribution in [3.8, 4) is 0 Å². The van der Waals surface area contributed by atoms with E-state index in [1.165, 1.54) is 49.7 Å². The van der Waals surface area contributed by atoms with Crippen LogP contribution < -0.4 is 4.57 Å². The Morgan fingerprint density at radius 3 is 2.52 bits per heavy atom. The summed E-state index contributed by atoms with van der Waals surface area (Å²) < 4.78 is 4.70. The average molecular weight is 326 g/mol. The first-order chi connectivity index (χ1) is 12.1. The van der Waals surface area contributed by atoms with Crippen LogP contribution in [0.2, 0.25) is 0 Å². The Balaban J connectivity index is 2.30. The molecule has 0 spiro atoms. The summed E-state index contributed by atoms with van der Waals surface area (Å²) in [5.74, 6) is 0.